The van der Waals surface area contributed by atoms with Gasteiger partial charge in [-0.15, -0.1) is 0 Å². The molecule has 29 heavy (non-hydrogen) atoms. The van der Waals surface area contributed by atoms with E-state index in [1.54, 1.807) is 19.9 Å². The van der Waals surface area contributed by atoms with Crippen molar-refractivity contribution < 1.29 is 13.6 Å². The number of rotatable bonds is 6. The van der Waals surface area contributed by atoms with Gasteiger partial charge in [0.25, 0.3) is 5.95 Å². The predicted octanol–water partition coefficient (Wildman–Crippen LogP) is 3.16. The second-order valence-electron chi connectivity index (χ2n) is 6.85. The van der Waals surface area contributed by atoms with Crippen molar-refractivity contribution in [1.29, 1.82) is 0 Å². The van der Waals surface area contributed by atoms with Crippen molar-refractivity contribution >= 4 is 11.7 Å². The second kappa shape index (κ2) is 8.44. The Labute approximate surface area is 167 Å². The zero-order valence-corrected chi connectivity index (χ0v) is 16.6. The van der Waals surface area contributed by atoms with Crippen LogP contribution in [0.2, 0.25) is 0 Å². The van der Waals surface area contributed by atoms with Crippen LogP contribution in [0.4, 0.5) is 14.6 Å². The number of carbonyl (C=O) groups is 1. The van der Waals surface area contributed by atoms with E-state index >= 15 is 0 Å². The molecule has 0 aliphatic rings. The van der Waals surface area contributed by atoms with E-state index in [-0.39, 0.29) is 18.0 Å². The fourth-order valence-electron chi connectivity index (χ4n) is 2.94. The molecule has 0 spiro atoms. The summed E-state index contributed by atoms with van der Waals surface area (Å²) in [6.07, 6.45) is 0. The third-order valence-corrected chi connectivity index (χ3v) is 4.26. The average molecular weight is 400 g/mol. The Morgan fingerprint density at radius 3 is 2.41 bits per heavy atom. The molecular weight excluding hydrogens is 378 g/mol. The lowest BCUT2D eigenvalue weighted by atomic mass is 10.1. The number of hydrogen-bond acceptors (Lipinski definition) is 5. The Hall–Kier alpha value is -3.20. The normalized spacial score (nSPS) is 12.1. The summed E-state index contributed by atoms with van der Waals surface area (Å²) in [5, 5.41) is 10.0. The molecule has 9 heteroatoms. The molecule has 2 heterocycles. The quantitative estimate of drug-likeness (QED) is 0.664. The van der Waals surface area contributed by atoms with Crippen molar-refractivity contribution in [3.05, 3.63) is 64.6 Å². The van der Waals surface area contributed by atoms with Crippen LogP contribution in [0, 0.1) is 32.4 Å². The molecule has 2 aromatic heterocycles. The van der Waals surface area contributed by atoms with Crippen LogP contribution in [0.3, 0.4) is 0 Å². The van der Waals surface area contributed by atoms with E-state index in [0.717, 1.165) is 17.5 Å². The highest BCUT2D eigenvalue weighted by Crippen LogP contribution is 2.18. The van der Waals surface area contributed by atoms with Gasteiger partial charge in [0.05, 0.1) is 12.2 Å². The van der Waals surface area contributed by atoms with Crippen molar-refractivity contribution in [3.63, 3.8) is 0 Å². The lowest BCUT2D eigenvalue weighted by Crippen LogP contribution is -2.31. The first-order valence-electron chi connectivity index (χ1n) is 9.10. The molecule has 0 saturated heterocycles. The van der Waals surface area contributed by atoms with Crippen LogP contribution in [0.25, 0.3) is 5.95 Å². The number of anilines is 1. The molecule has 1 atom stereocenters. The number of aryl methyl sites for hydroxylation is 3. The van der Waals surface area contributed by atoms with E-state index < -0.39 is 17.7 Å². The maximum Gasteiger partial charge on any atom is 0.252 e. The highest BCUT2D eigenvalue weighted by Gasteiger charge is 2.16. The molecule has 0 aliphatic carbocycles. The number of benzene rings is 1. The molecule has 1 unspecified atom stereocenters. The van der Waals surface area contributed by atoms with Crippen LogP contribution in [0.15, 0.2) is 30.3 Å². The molecule has 0 fully saturated rings. The number of nitrogens with one attached hydrogen (secondary N) is 2. The van der Waals surface area contributed by atoms with Crippen LogP contribution in [0.1, 0.15) is 35.6 Å². The van der Waals surface area contributed by atoms with E-state index in [0.29, 0.717) is 17.5 Å². The van der Waals surface area contributed by atoms with Crippen LogP contribution in [-0.4, -0.2) is 32.2 Å². The molecule has 0 aliphatic heterocycles. The number of nitrogens with zero attached hydrogens (tertiary/aromatic N) is 4. The van der Waals surface area contributed by atoms with Gasteiger partial charge in [-0.25, -0.2) is 18.7 Å². The Kier molecular flexibility index (Phi) is 5.97. The van der Waals surface area contributed by atoms with Crippen molar-refractivity contribution in [3.8, 4) is 5.95 Å². The number of carbonyl (C=O) groups excluding carboxylic acids is 1. The maximum atomic E-state index is 13.9. The van der Waals surface area contributed by atoms with Gasteiger partial charge in [-0.05, 0) is 39.8 Å². The van der Waals surface area contributed by atoms with Gasteiger partial charge < -0.3 is 10.6 Å². The zero-order chi connectivity index (χ0) is 21.1. The summed E-state index contributed by atoms with van der Waals surface area (Å²) in [4.78, 5) is 21.1. The molecule has 1 amide bonds. The fourth-order valence-corrected chi connectivity index (χ4v) is 2.94. The molecule has 0 saturated carbocycles. The van der Waals surface area contributed by atoms with Gasteiger partial charge in [0, 0.05) is 35.1 Å². The molecule has 2 N–H and O–H groups in total. The minimum absolute atomic E-state index is 0.0735. The predicted molar refractivity (Wildman–Crippen MR) is 105 cm³/mol. The molecule has 1 aromatic carbocycles. The minimum Gasteiger partial charge on any atom is -0.309 e. The zero-order valence-electron chi connectivity index (χ0n) is 16.6. The smallest absolute Gasteiger partial charge is 0.252 e. The van der Waals surface area contributed by atoms with Gasteiger partial charge in [-0.3, -0.25) is 4.79 Å². The van der Waals surface area contributed by atoms with Crippen molar-refractivity contribution in [2.24, 2.45) is 0 Å². The van der Waals surface area contributed by atoms with E-state index in [2.05, 4.69) is 25.7 Å². The third-order valence-electron chi connectivity index (χ3n) is 4.26. The summed E-state index contributed by atoms with van der Waals surface area (Å²) in [7, 11) is 0. The largest absolute Gasteiger partial charge is 0.309 e. The first-order chi connectivity index (χ1) is 13.7. The summed E-state index contributed by atoms with van der Waals surface area (Å²) < 4.78 is 28.4. The fraction of sp³-hybridized carbons (Fsp3) is 0.300. The van der Waals surface area contributed by atoms with E-state index in [9.17, 15) is 13.6 Å². The first-order valence-corrected chi connectivity index (χ1v) is 9.10. The van der Waals surface area contributed by atoms with Gasteiger partial charge in [0.2, 0.25) is 5.91 Å². The highest BCUT2D eigenvalue weighted by molar-refractivity contribution is 5.91. The molecule has 152 valence electrons. The molecule has 7 nitrogen and oxygen atoms in total. The van der Waals surface area contributed by atoms with Crippen molar-refractivity contribution in [2.75, 3.05) is 11.9 Å². The summed E-state index contributed by atoms with van der Waals surface area (Å²) in [5.74, 6) is -0.857. The second-order valence-corrected chi connectivity index (χ2v) is 6.85. The van der Waals surface area contributed by atoms with Crippen molar-refractivity contribution in [1.82, 2.24) is 25.1 Å². The summed E-state index contributed by atoms with van der Waals surface area (Å²) in [5.41, 5.74) is 2.55. The first kappa shape index (κ1) is 20.5. The number of halogens is 2. The van der Waals surface area contributed by atoms with Gasteiger partial charge in [0.15, 0.2) is 0 Å². The maximum absolute atomic E-state index is 13.9. The molecule has 3 rings (SSSR count). The van der Waals surface area contributed by atoms with E-state index in [4.69, 9.17) is 0 Å². The Bertz CT molecular complexity index is 1030. The van der Waals surface area contributed by atoms with Gasteiger partial charge in [0.1, 0.15) is 17.5 Å². The molecular formula is C20H22F2N6O. The topological polar surface area (TPSA) is 84.7 Å². The Morgan fingerprint density at radius 1 is 1.07 bits per heavy atom. The molecule has 0 radical (unpaired) electrons. The Morgan fingerprint density at radius 2 is 1.76 bits per heavy atom. The lowest BCUT2D eigenvalue weighted by Gasteiger charge is -2.15. The lowest BCUT2D eigenvalue weighted by molar-refractivity contribution is -0.115. The van der Waals surface area contributed by atoms with Gasteiger partial charge in [-0.1, -0.05) is 6.07 Å². The third kappa shape index (κ3) is 5.00. The minimum atomic E-state index is -0.661. The summed E-state index contributed by atoms with van der Waals surface area (Å²) >= 11 is 0. The van der Waals surface area contributed by atoms with E-state index in [1.807, 2.05) is 19.9 Å². The van der Waals surface area contributed by atoms with Gasteiger partial charge >= 0.3 is 0 Å². The number of hydrogen-bond donors (Lipinski definition) is 2. The summed E-state index contributed by atoms with van der Waals surface area (Å²) in [6, 6.07) is 6.44. The standard InChI is InChI=1S/C20H22F2N6O/c1-11-7-12(2)25-20(24-11)28-18(8-13(3)27-28)26-19(29)10-23-14(4)16-6-5-15(21)9-17(16)22/h5-9,14,23H,10H2,1-4H3,(H,26,29). The molecule has 3 aromatic rings. The Balaban J connectivity index is 1.70. The number of aromatic nitrogens is 4. The highest BCUT2D eigenvalue weighted by atomic mass is 19.1. The summed E-state index contributed by atoms with van der Waals surface area (Å²) in [6.45, 7) is 7.13. The van der Waals surface area contributed by atoms with Crippen LogP contribution < -0.4 is 10.6 Å². The van der Waals surface area contributed by atoms with Crippen molar-refractivity contribution in [2.45, 2.75) is 33.7 Å². The number of amides is 1. The van der Waals surface area contributed by atoms with Crippen LogP contribution in [-0.2, 0) is 4.79 Å². The van der Waals surface area contributed by atoms with E-state index in [1.165, 1.54) is 16.8 Å². The monoisotopic (exact) mass is 400 g/mol. The average Bonchev–Trinajstić information content (AvgIpc) is 2.99. The molecule has 0 bridgehead atoms. The SMILES string of the molecule is Cc1cc(C)nc(-n2nc(C)cc2NC(=O)CNC(C)c2ccc(F)cc2F)n1. The van der Waals surface area contributed by atoms with Crippen LogP contribution in [0.5, 0.6) is 0 Å². The van der Waals surface area contributed by atoms with Gasteiger partial charge in [-0.2, -0.15) is 9.78 Å². The van der Waals surface area contributed by atoms with Crippen LogP contribution >= 0.6 is 0 Å².